The van der Waals surface area contributed by atoms with E-state index in [2.05, 4.69) is 15.6 Å². The van der Waals surface area contributed by atoms with E-state index in [0.717, 1.165) is 0 Å². The lowest BCUT2D eigenvalue weighted by Crippen LogP contribution is -2.28. The molecule has 20 heavy (non-hydrogen) atoms. The molecule has 1 heterocycles. The van der Waals surface area contributed by atoms with Gasteiger partial charge in [-0.25, -0.2) is 9.78 Å². The third-order valence-corrected chi connectivity index (χ3v) is 2.58. The summed E-state index contributed by atoms with van der Waals surface area (Å²) in [5.74, 6) is -1.12. The SMILES string of the molecule is COCCNC(=O)CCNc1nc(Cl)ccc1C(=O)O. The largest absolute Gasteiger partial charge is 0.478 e. The Morgan fingerprint density at radius 3 is 2.80 bits per heavy atom. The molecule has 0 spiro atoms. The van der Waals surface area contributed by atoms with Gasteiger partial charge in [0.15, 0.2) is 0 Å². The number of nitrogens with one attached hydrogen (secondary N) is 2. The van der Waals surface area contributed by atoms with Crippen molar-refractivity contribution in [3.8, 4) is 0 Å². The van der Waals surface area contributed by atoms with Gasteiger partial charge < -0.3 is 20.5 Å². The van der Waals surface area contributed by atoms with Crippen LogP contribution in [0.2, 0.25) is 5.15 Å². The summed E-state index contributed by atoms with van der Waals surface area (Å²) in [7, 11) is 1.55. The van der Waals surface area contributed by atoms with Gasteiger partial charge in [-0.15, -0.1) is 0 Å². The fraction of sp³-hybridized carbons (Fsp3) is 0.417. The lowest BCUT2D eigenvalue weighted by molar-refractivity contribution is -0.121. The van der Waals surface area contributed by atoms with Gasteiger partial charge >= 0.3 is 5.97 Å². The Morgan fingerprint density at radius 2 is 2.15 bits per heavy atom. The zero-order valence-electron chi connectivity index (χ0n) is 11.0. The number of halogens is 1. The first-order valence-corrected chi connectivity index (χ1v) is 6.31. The number of ether oxygens (including phenoxy) is 1. The van der Waals surface area contributed by atoms with Gasteiger partial charge in [0.25, 0.3) is 0 Å². The molecule has 1 rings (SSSR count). The van der Waals surface area contributed by atoms with Crippen molar-refractivity contribution in [2.75, 3.05) is 32.1 Å². The highest BCUT2D eigenvalue weighted by molar-refractivity contribution is 6.29. The fourth-order valence-corrected chi connectivity index (χ4v) is 1.57. The van der Waals surface area contributed by atoms with Gasteiger partial charge in [-0.2, -0.15) is 0 Å². The summed E-state index contributed by atoms with van der Waals surface area (Å²) in [6, 6.07) is 2.76. The second kappa shape index (κ2) is 8.34. The van der Waals surface area contributed by atoms with Crippen LogP contribution in [0.15, 0.2) is 12.1 Å². The maximum Gasteiger partial charge on any atom is 0.339 e. The number of amides is 1. The molecule has 8 heteroatoms. The van der Waals surface area contributed by atoms with Crippen LogP contribution in [0, 0.1) is 0 Å². The van der Waals surface area contributed by atoms with Crippen molar-refractivity contribution in [3.05, 3.63) is 22.8 Å². The number of rotatable bonds is 8. The van der Waals surface area contributed by atoms with Crippen LogP contribution >= 0.6 is 11.6 Å². The third-order valence-electron chi connectivity index (χ3n) is 2.36. The lowest BCUT2D eigenvalue weighted by atomic mass is 10.2. The molecule has 1 amide bonds. The van der Waals surface area contributed by atoms with Crippen molar-refractivity contribution in [1.29, 1.82) is 0 Å². The van der Waals surface area contributed by atoms with E-state index < -0.39 is 5.97 Å². The van der Waals surface area contributed by atoms with Crippen LogP contribution in [0.5, 0.6) is 0 Å². The van der Waals surface area contributed by atoms with Gasteiger partial charge in [-0.05, 0) is 12.1 Å². The average molecular weight is 302 g/mol. The number of hydrogen-bond acceptors (Lipinski definition) is 5. The maximum atomic E-state index is 11.4. The number of anilines is 1. The van der Waals surface area contributed by atoms with Crippen LogP contribution in [0.1, 0.15) is 16.8 Å². The number of methoxy groups -OCH3 is 1. The highest BCUT2D eigenvalue weighted by Crippen LogP contribution is 2.16. The van der Waals surface area contributed by atoms with Gasteiger partial charge in [0.2, 0.25) is 5.91 Å². The number of pyridine rings is 1. The van der Waals surface area contributed by atoms with E-state index in [1.165, 1.54) is 12.1 Å². The predicted molar refractivity (Wildman–Crippen MR) is 74.2 cm³/mol. The van der Waals surface area contributed by atoms with Crippen LogP contribution < -0.4 is 10.6 Å². The molecule has 0 radical (unpaired) electrons. The van der Waals surface area contributed by atoms with Crippen LogP contribution in [0.4, 0.5) is 5.82 Å². The molecule has 0 aliphatic rings. The zero-order valence-corrected chi connectivity index (χ0v) is 11.7. The molecule has 0 aromatic carbocycles. The van der Waals surface area contributed by atoms with Crippen LogP contribution in [0.3, 0.4) is 0 Å². The van der Waals surface area contributed by atoms with E-state index in [4.69, 9.17) is 21.4 Å². The highest BCUT2D eigenvalue weighted by Gasteiger charge is 2.12. The molecule has 7 nitrogen and oxygen atoms in total. The van der Waals surface area contributed by atoms with Gasteiger partial charge in [0, 0.05) is 26.6 Å². The number of aromatic carboxylic acids is 1. The first-order valence-electron chi connectivity index (χ1n) is 5.94. The van der Waals surface area contributed by atoms with Crippen LogP contribution in [-0.4, -0.2) is 48.8 Å². The van der Waals surface area contributed by atoms with E-state index in [0.29, 0.717) is 13.2 Å². The second-order valence-electron chi connectivity index (χ2n) is 3.85. The monoisotopic (exact) mass is 301 g/mol. The van der Waals surface area contributed by atoms with E-state index in [1.807, 2.05) is 0 Å². The number of carbonyl (C=O) groups is 2. The van der Waals surface area contributed by atoms with Gasteiger partial charge in [0.05, 0.1) is 6.61 Å². The quantitative estimate of drug-likeness (QED) is 0.489. The molecular formula is C12H16ClN3O4. The summed E-state index contributed by atoms with van der Waals surface area (Å²) in [4.78, 5) is 26.3. The molecule has 1 aromatic rings. The summed E-state index contributed by atoms with van der Waals surface area (Å²) in [6.07, 6.45) is 0.191. The minimum absolute atomic E-state index is 0.00851. The first-order chi connectivity index (χ1) is 9.54. The molecule has 3 N–H and O–H groups in total. The topological polar surface area (TPSA) is 101 Å². The molecule has 0 saturated heterocycles. The van der Waals surface area contributed by atoms with Crippen LogP contribution in [0.25, 0.3) is 0 Å². The normalized spacial score (nSPS) is 10.1. The van der Waals surface area contributed by atoms with Crippen molar-refractivity contribution < 1.29 is 19.4 Å². The van der Waals surface area contributed by atoms with Crippen molar-refractivity contribution in [1.82, 2.24) is 10.3 Å². The molecule has 0 atom stereocenters. The second-order valence-corrected chi connectivity index (χ2v) is 4.24. The first kappa shape index (κ1) is 16.2. The molecule has 110 valence electrons. The number of aromatic nitrogens is 1. The average Bonchev–Trinajstić information content (AvgIpc) is 2.38. The summed E-state index contributed by atoms with van der Waals surface area (Å²) >= 11 is 5.71. The zero-order chi connectivity index (χ0) is 15.0. The maximum absolute atomic E-state index is 11.4. The molecule has 0 aliphatic heterocycles. The molecule has 1 aromatic heterocycles. The Kier molecular flexibility index (Phi) is 6.75. The molecule has 0 aliphatic carbocycles. The van der Waals surface area contributed by atoms with Gasteiger partial charge in [-0.1, -0.05) is 11.6 Å². The Morgan fingerprint density at radius 1 is 1.40 bits per heavy atom. The Hall–Kier alpha value is -1.86. The molecular weight excluding hydrogens is 286 g/mol. The summed E-state index contributed by atoms with van der Waals surface area (Å²) in [5, 5.41) is 14.6. The van der Waals surface area contributed by atoms with E-state index in [-0.39, 0.29) is 35.4 Å². The van der Waals surface area contributed by atoms with E-state index in [1.54, 1.807) is 7.11 Å². The molecule has 0 unspecified atom stereocenters. The van der Waals surface area contributed by atoms with Crippen molar-refractivity contribution in [3.63, 3.8) is 0 Å². The molecule has 0 saturated carbocycles. The van der Waals surface area contributed by atoms with Gasteiger partial charge in [-0.3, -0.25) is 4.79 Å². The number of carbonyl (C=O) groups excluding carboxylic acids is 1. The summed E-state index contributed by atoms with van der Waals surface area (Å²) in [6.45, 7) is 1.13. The standard InChI is InChI=1S/C12H16ClN3O4/c1-20-7-6-14-10(17)4-5-15-11-8(12(18)19)2-3-9(13)16-11/h2-3H,4-7H2,1H3,(H,14,17)(H,15,16)(H,18,19). The third kappa shape index (κ3) is 5.41. The van der Waals surface area contributed by atoms with Crippen molar-refractivity contribution in [2.45, 2.75) is 6.42 Å². The summed E-state index contributed by atoms with van der Waals surface area (Å²) in [5.41, 5.74) is 0.00851. The Bertz CT molecular complexity index is 482. The smallest absolute Gasteiger partial charge is 0.339 e. The fourth-order valence-electron chi connectivity index (χ4n) is 1.42. The lowest BCUT2D eigenvalue weighted by Gasteiger charge is -2.09. The number of nitrogens with zero attached hydrogens (tertiary/aromatic N) is 1. The van der Waals surface area contributed by atoms with Gasteiger partial charge in [0.1, 0.15) is 16.5 Å². The summed E-state index contributed by atoms with van der Waals surface area (Å²) < 4.78 is 4.80. The Balaban J connectivity index is 2.47. The number of hydrogen-bond donors (Lipinski definition) is 3. The molecule has 0 bridgehead atoms. The number of carboxylic acids is 1. The van der Waals surface area contributed by atoms with Crippen LogP contribution in [-0.2, 0) is 9.53 Å². The van der Waals surface area contributed by atoms with Crippen molar-refractivity contribution in [2.24, 2.45) is 0 Å². The Labute approximate surface area is 121 Å². The molecule has 0 fully saturated rings. The highest BCUT2D eigenvalue weighted by atomic mass is 35.5. The number of carboxylic acid groups (broad SMARTS) is 1. The minimum atomic E-state index is -1.11. The van der Waals surface area contributed by atoms with E-state index >= 15 is 0 Å². The van der Waals surface area contributed by atoms with E-state index in [9.17, 15) is 9.59 Å². The minimum Gasteiger partial charge on any atom is -0.478 e. The van der Waals surface area contributed by atoms with Crippen molar-refractivity contribution >= 4 is 29.3 Å². The predicted octanol–water partition coefficient (Wildman–Crippen LogP) is 0.998.